The summed E-state index contributed by atoms with van der Waals surface area (Å²) in [6, 6.07) is 8.08. The van der Waals surface area contributed by atoms with Gasteiger partial charge in [-0.3, -0.25) is 4.98 Å². The summed E-state index contributed by atoms with van der Waals surface area (Å²) in [6.45, 7) is 5.69. The van der Waals surface area contributed by atoms with E-state index in [4.69, 9.17) is 0 Å². The second-order valence-corrected chi connectivity index (χ2v) is 4.42. The first-order valence-electron chi connectivity index (χ1n) is 5.19. The third-order valence-electron chi connectivity index (χ3n) is 2.65. The van der Waals surface area contributed by atoms with Crippen LogP contribution in [0.3, 0.4) is 0 Å². The summed E-state index contributed by atoms with van der Waals surface area (Å²) in [5.74, 6) is 0. The molecule has 0 radical (unpaired) electrons. The molecule has 0 bridgehead atoms. The molecule has 0 unspecified atom stereocenters. The number of fused-ring (bicyclic) bond motifs is 1. The van der Waals surface area contributed by atoms with Crippen molar-refractivity contribution in [2.24, 2.45) is 0 Å². The van der Waals surface area contributed by atoms with E-state index in [0.29, 0.717) is 0 Å². The molecule has 80 valence electrons. The number of nitriles is 1. The third kappa shape index (κ3) is 1.63. The van der Waals surface area contributed by atoms with Gasteiger partial charge >= 0.3 is 0 Å². The van der Waals surface area contributed by atoms with Crippen molar-refractivity contribution in [2.75, 3.05) is 0 Å². The van der Waals surface area contributed by atoms with Crippen molar-refractivity contribution in [3.63, 3.8) is 0 Å². The van der Waals surface area contributed by atoms with Gasteiger partial charge < -0.3 is 0 Å². The fourth-order valence-corrected chi connectivity index (χ4v) is 1.69. The molecular formula is C13H13N3. The summed E-state index contributed by atoms with van der Waals surface area (Å²) in [5, 5.41) is 9.18. The zero-order valence-corrected chi connectivity index (χ0v) is 9.65. The lowest BCUT2D eigenvalue weighted by Gasteiger charge is -2.17. The van der Waals surface area contributed by atoms with Crippen molar-refractivity contribution in [2.45, 2.75) is 26.2 Å². The van der Waals surface area contributed by atoms with Gasteiger partial charge in [0.05, 0.1) is 28.2 Å². The van der Waals surface area contributed by atoms with Crippen molar-refractivity contribution in [1.82, 2.24) is 9.97 Å². The number of hydrogen-bond acceptors (Lipinski definition) is 3. The summed E-state index contributed by atoms with van der Waals surface area (Å²) >= 11 is 0. The summed E-state index contributed by atoms with van der Waals surface area (Å²) < 4.78 is 0. The van der Waals surface area contributed by atoms with E-state index in [-0.39, 0.29) is 0 Å². The quantitative estimate of drug-likeness (QED) is 0.728. The first-order chi connectivity index (χ1) is 7.54. The van der Waals surface area contributed by atoms with E-state index in [1.165, 1.54) is 0 Å². The Balaban J connectivity index is 2.81. The summed E-state index contributed by atoms with van der Waals surface area (Å²) in [6.07, 6.45) is 1.74. The monoisotopic (exact) mass is 211 g/mol. The largest absolute Gasteiger partial charge is 0.253 e. The maximum absolute atomic E-state index is 9.18. The molecule has 0 spiro atoms. The molecule has 16 heavy (non-hydrogen) atoms. The third-order valence-corrected chi connectivity index (χ3v) is 2.65. The summed E-state index contributed by atoms with van der Waals surface area (Å²) in [5.41, 5.74) is 2.93. The molecule has 0 saturated heterocycles. The zero-order valence-electron chi connectivity index (χ0n) is 9.65. The van der Waals surface area contributed by atoms with Crippen molar-refractivity contribution in [3.8, 4) is 6.07 Å². The Hall–Kier alpha value is -1.95. The summed E-state index contributed by atoms with van der Waals surface area (Å²) in [7, 11) is 0. The van der Waals surface area contributed by atoms with Gasteiger partial charge in [0, 0.05) is 6.20 Å². The number of hydrogen-bond donors (Lipinski definition) is 0. The highest BCUT2D eigenvalue weighted by molar-refractivity contribution is 5.79. The number of aryl methyl sites for hydroxylation is 1. The van der Waals surface area contributed by atoms with Gasteiger partial charge in [-0.2, -0.15) is 5.26 Å². The van der Waals surface area contributed by atoms with Crippen LogP contribution in [0.4, 0.5) is 0 Å². The number of benzene rings is 1. The maximum atomic E-state index is 9.18. The Bertz CT molecular complexity index is 579. The molecule has 0 aliphatic rings. The Morgan fingerprint density at radius 2 is 2.06 bits per heavy atom. The molecular weight excluding hydrogens is 198 g/mol. The number of nitrogens with zero attached hydrogens (tertiary/aromatic N) is 3. The minimum atomic E-state index is -0.540. The van der Waals surface area contributed by atoms with Gasteiger partial charge in [0.15, 0.2) is 0 Å². The number of aromatic nitrogens is 2. The molecule has 0 N–H and O–H groups in total. The van der Waals surface area contributed by atoms with E-state index in [2.05, 4.69) is 16.0 Å². The van der Waals surface area contributed by atoms with E-state index in [0.717, 1.165) is 22.3 Å². The topological polar surface area (TPSA) is 49.6 Å². The Morgan fingerprint density at radius 3 is 2.75 bits per heavy atom. The highest BCUT2D eigenvalue weighted by Crippen LogP contribution is 2.27. The number of para-hydroxylation sites is 1. The maximum Gasteiger partial charge on any atom is 0.0937 e. The molecule has 0 aliphatic heterocycles. The van der Waals surface area contributed by atoms with E-state index in [9.17, 15) is 5.26 Å². The van der Waals surface area contributed by atoms with E-state index >= 15 is 0 Å². The van der Waals surface area contributed by atoms with Crippen molar-refractivity contribution in [1.29, 1.82) is 5.26 Å². The van der Waals surface area contributed by atoms with Crippen LogP contribution >= 0.6 is 0 Å². The summed E-state index contributed by atoms with van der Waals surface area (Å²) in [4.78, 5) is 8.79. The first-order valence-corrected chi connectivity index (χ1v) is 5.19. The van der Waals surface area contributed by atoms with E-state index in [1.807, 2.05) is 39.0 Å². The van der Waals surface area contributed by atoms with Crippen molar-refractivity contribution >= 4 is 11.0 Å². The second-order valence-electron chi connectivity index (χ2n) is 4.42. The minimum absolute atomic E-state index is 0.540. The molecule has 0 fully saturated rings. The Labute approximate surface area is 94.8 Å². The minimum Gasteiger partial charge on any atom is -0.253 e. The highest BCUT2D eigenvalue weighted by atomic mass is 14.8. The molecule has 3 heteroatoms. The first kappa shape index (κ1) is 10.6. The van der Waals surface area contributed by atoms with Crippen LogP contribution < -0.4 is 0 Å². The van der Waals surface area contributed by atoms with Crippen LogP contribution in [0.1, 0.15) is 25.1 Å². The van der Waals surface area contributed by atoms with Crippen molar-refractivity contribution < 1.29 is 0 Å². The second kappa shape index (κ2) is 3.57. The van der Waals surface area contributed by atoms with Crippen LogP contribution in [0.2, 0.25) is 0 Å². The van der Waals surface area contributed by atoms with Crippen LogP contribution in [0.15, 0.2) is 24.4 Å². The average Bonchev–Trinajstić information content (AvgIpc) is 2.28. The van der Waals surface area contributed by atoms with Crippen LogP contribution in [0.25, 0.3) is 11.0 Å². The SMILES string of the molecule is Cc1cnc2cccc(C(C)(C)C#N)c2n1. The van der Waals surface area contributed by atoms with Crippen LogP contribution in [0.5, 0.6) is 0 Å². The predicted molar refractivity (Wildman–Crippen MR) is 62.9 cm³/mol. The standard InChI is InChI=1S/C13H13N3/c1-9-7-15-11-6-4-5-10(12(11)16-9)13(2,3)8-14/h4-7H,1-3H3. The van der Waals surface area contributed by atoms with Crippen LogP contribution in [-0.2, 0) is 5.41 Å². The van der Waals surface area contributed by atoms with Crippen LogP contribution in [-0.4, -0.2) is 9.97 Å². The molecule has 2 aromatic rings. The van der Waals surface area contributed by atoms with Gasteiger partial charge in [0.1, 0.15) is 0 Å². The molecule has 2 rings (SSSR count). The highest BCUT2D eigenvalue weighted by Gasteiger charge is 2.23. The predicted octanol–water partition coefficient (Wildman–Crippen LogP) is 2.74. The Kier molecular flexibility index (Phi) is 2.35. The molecule has 0 amide bonds. The van der Waals surface area contributed by atoms with E-state index in [1.54, 1.807) is 6.20 Å². The zero-order chi connectivity index (χ0) is 11.8. The lowest BCUT2D eigenvalue weighted by atomic mass is 9.85. The van der Waals surface area contributed by atoms with Gasteiger partial charge in [0.2, 0.25) is 0 Å². The molecule has 0 atom stereocenters. The Morgan fingerprint density at radius 1 is 1.31 bits per heavy atom. The smallest absolute Gasteiger partial charge is 0.0937 e. The molecule has 0 saturated carbocycles. The fraction of sp³-hybridized carbons (Fsp3) is 0.308. The normalized spacial score (nSPS) is 11.4. The molecule has 1 aromatic heterocycles. The van der Waals surface area contributed by atoms with Gasteiger partial charge in [-0.15, -0.1) is 0 Å². The van der Waals surface area contributed by atoms with Gasteiger partial charge in [-0.05, 0) is 32.4 Å². The lowest BCUT2D eigenvalue weighted by Crippen LogP contribution is -2.15. The fourth-order valence-electron chi connectivity index (χ4n) is 1.69. The van der Waals surface area contributed by atoms with Crippen LogP contribution in [0, 0.1) is 18.3 Å². The molecule has 0 aliphatic carbocycles. The number of rotatable bonds is 1. The van der Waals surface area contributed by atoms with Gasteiger partial charge in [-0.25, -0.2) is 4.98 Å². The van der Waals surface area contributed by atoms with E-state index < -0.39 is 5.41 Å². The molecule has 1 heterocycles. The average molecular weight is 211 g/mol. The van der Waals surface area contributed by atoms with Gasteiger partial charge in [-0.1, -0.05) is 12.1 Å². The molecule has 1 aromatic carbocycles. The van der Waals surface area contributed by atoms with Crippen molar-refractivity contribution in [3.05, 3.63) is 35.7 Å². The lowest BCUT2D eigenvalue weighted by molar-refractivity contribution is 0.691. The van der Waals surface area contributed by atoms with Gasteiger partial charge in [0.25, 0.3) is 0 Å². The molecule has 3 nitrogen and oxygen atoms in total.